The normalized spacial score (nSPS) is 2.00. The molecule has 0 atom stereocenters. The Bertz CT molecular complexity index is 30.6. The molecule has 0 bridgehead atoms. The van der Waals surface area contributed by atoms with Crippen molar-refractivity contribution in [2.24, 2.45) is 0 Å². The van der Waals surface area contributed by atoms with Crippen molar-refractivity contribution in [2.45, 2.75) is 0 Å². The first-order valence-corrected chi connectivity index (χ1v) is 1.51. The summed E-state index contributed by atoms with van der Waals surface area (Å²) in [5.74, 6) is 0. The van der Waals surface area contributed by atoms with Gasteiger partial charge in [-0.15, -0.1) is 0 Å². The second kappa shape index (κ2) is 9.22. The van der Waals surface area contributed by atoms with Crippen LogP contribution in [0.3, 0.4) is 0 Å². The molecule has 0 amide bonds. The van der Waals surface area contributed by atoms with E-state index in [2.05, 4.69) is 0 Å². The quantitative estimate of drug-likeness (QED) is 0.295. The van der Waals surface area contributed by atoms with E-state index in [1.54, 1.807) is 0 Å². The van der Waals surface area contributed by atoms with Crippen LogP contribution in [0.4, 0.5) is 0 Å². The van der Waals surface area contributed by atoms with Crippen LogP contribution in [-0.2, 0) is 23.5 Å². The molecule has 0 aromatic rings. The Morgan fingerprint density at radius 1 is 1.50 bits per heavy atom. The van der Waals surface area contributed by atoms with E-state index >= 15 is 0 Å². The second-order valence-corrected chi connectivity index (χ2v) is 0.307. The fraction of sp³-hybridized carbons (Fsp3) is 0. The first-order chi connectivity index (χ1) is 1.41. The number of rotatable bonds is 0. The van der Waals surface area contributed by atoms with E-state index in [0.29, 0.717) is 0 Å². The van der Waals surface area contributed by atoms with Crippen LogP contribution in [0.1, 0.15) is 1.43 Å². The van der Waals surface area contributed by atoms with Crippen LogP contribution in [0.25, 0.3) is 0 Å². The molecule has 0 aromatic carbocycles. The van der Waals surface area contributed by atoms with Gasteiger partial charge in [-0.2, -0.15) is 0 Å². The van der Waals surface area contributed by atoms with Gasteiger partial charge in [-0.05, 0) is 0 Å². The molecule has 0 saturated carbocycles. The average Bonchev–Trinajstić information content (AvgIpc) is 0.918. The summed E-state index contributed by atoms with van der Waals surface area (Å²) in [6.07, 6.45) is 0. The molecule has 0 unspecified atom stereocenters. The summed E-state index contributed by atoms with van der Waals surface area (Å²) in [5, 5.41) is 0. The summed E-state index contributed by atoms with van der Waals surface area (Å²) in [4.78, 5) is 0. The summed E-state index contributed by atoms with van der Waals surface area (Å²) in [6.45, 7) is 0. The Morgan fingerprint density at radius 2 is 1.50 bits per heavy atom. The molecule has 0 heterocycles. The minimum atomic E-state index is -1.81. The van der Waals surface area contributed by atoms with E-state index in [9.17, 15) is 0 Å². The predicted octanol–water partition coefficient (Wildman–Crippen LogP) is -3.12. The fourth-order valence-corrected chi connectivity index (χ4v) is 0. The summed E-state index contributed by atoms with van der Waals surface area (Å²) >= 11 is -1.81. The number of hydrogen-bond acceptors (Lipinski definition) is 2. The van der Waals surface area contributed by atoms with Gasteiger partial charge in [0.25, 0.3) is 0 Å². The fourth-order valence-electron chi connectivity index (χ4n) is 0. The molecule has 4 heavy (non-hydrogen) atoms. The Balaban J connectivity index is -0.0000000200. The summed E-state index contributed by atoms with van der Waals surface area (Å²) in [7, 11) is 0. The molecular weight excluding hydrogens is 89.9 g/mol. The zero-order valence-corrected chi connectivity index (χ0v) is 3.66. The van der Waals surface area contributed by atoms with Crippen molar-refractivity contribution in [1.82, 2.24) is 0 Å². The third kappa shape index (κ3) is 14.4. The van der Waals surface area contributed by atoms with Crippen molar-refractivity contribution >= 4 is 0 Å². The molecule has 2 nitrogen and oxygen atoms in total. The summed E-state index contributed by atoms with van der Waals surface area (Å²) in [5.41, 5.74) is 0. The topological polar surface area (TPSA) is 34.1 Å². The Labute approximate surface area is 44.1 Å². The van der Waals surface area contributed by atoms with Gasteiger partial charge in [0.05, 0.1) is 0 Å². The minimum absolute atomic E-state index is 0. The van der Waals surface area contributed by atoms with Crippen molar-refractivity contribution in [1.29, 1.82) is 0 Å². The van der Waals surface area contributed by atoms with Crippen molar-refractivity contribution in [3.05, 3.63) is 0 Å². The molecule has 0 fully saturated rings. The third-order valence-electron chi connectivity index (χ3n) is 0. The van der Waals surface area contributed by atoms with Crippen molar-refractivity contribution in [2.75, 3.05) is 0 Å². The Morgan fingerprint density at radius 3 is 1.50 bits per heavy atom. The van der Waals surface area contributed by atoms with Crippen LogP contribution in [0, 0.1) is 0 Å². The molecule has 0 radical (unpaired) electrons. The summed E-state index contributed by atoms with van der Waals surface area (Å²) < 4.78 is 16.9. The predicted molar refractivity (Wildman–Crippen MR) is 2.49 cm³/mol. The molecule has 0 aliphatic heterocycles. The van der Waals surface area contributed by atoms with Gasteiger partial charge in [-0.25, -0.2) is 0 Å². The molecule has 19 valence electrons. The summed E-state index contributed by atoms with van der Waals surface area (Å²) in [6, 6.07) is 0. The van der Waals surface area contributed by atoms with E-state index in [1.165, 1.54) is 0 Å². The van der Waals surface area contributed by atoms with Crippen molar-refractivity contribution in [3.8, 4) is 0 Å². The standard InChI is InChI=1S/Li.2O.V.H/q+1;;;;-1. The van der Waals surface area contributed by atoms with Crippen molar-refractivity contribution in [3.63, 3.8) is 0 Å². The molecular formula is HLiO2V. The third-order valence-corrected chi connectivity index (χ3v) is 0. The van der Waals surface area contributed by atoms with Gasteiger partial charge in [0, 0.05) is 0 Å². The van der Waals surface area contributed by atoms with E-state index in [4.69, 9.17) is 7.35 Å². The average molecular weight is 90.9 g/mol. The first-order valence-electron chi connectivity index (χ1n) is 0.365. The zero-order valence-electron chi connectivity index (χ0n) is 3.26. The van der Waals surface area contributed by atoms with E-state index in [-0.39, 0.29) is 20.3 Å². The Kier molecular flexibility index (Phi) is 20.4. The van der Waals surface area contributed by atoms with Crippen LogP contribution in [-0.4, -0.2) is 0 Å². The van der Waals surface area contributed by atoms with Crippen LogP contribution in [0.5, 0.6) is 0 Å². The molecule has 0 aliphatic carbocycles. The van der Waals surface area contributed by atoms with Crippen LogP contribution >= 0.6 is 0 Å². The van der Waals surface area contributed by atoms with Gasteiger partial charge in [0.2, 0.25) is 0 Å². The van der Waals surface area contributed by atoms with Gasteiger partial charge in [-0.3, -0.25) is 0 Å². The monoisotopic (exact) mass is 91.0 g/mol. The maximum absolute atomic E-state index is 8.47. The van der Waals surface area contributed by atoms with E-state index in [0.717, 1.165) is 0 Å². The van der Waals surface area contributed by atoms with Crippen LogP contribution < -0.4 is 18.9 Å². The molecule has 0 rings (SSSR count). The second-order valence-electron chi connectivity index (χ2n) is 0.0745. The van der Waals surface area contributed by atoms with E-state index in [1.807, 2.05) is 0 Å². The molecule has 0 saturated heterocycles. The van der Waals surface area contributed by atoms with Crippen LogP contribution in [0.2, 0.25) is 0 Å². The SMILES string of the molecule is [H-].[Li+].[O]=[V]=[O]. The first kappa shape index (κ1) is 8.84. The van der Waals surface area contributed by atoms with Gasteiger partial charge in [-0.1, -0.05) is 0 Å². The molecule has 0 aromatic heterocycles. The van der Waals surface area contributed by atoms with Gasteiger partial charge in [0.1, 0.15) is 0 Å². The Hall–Kier alpha value is 0.782. The maximum atomic E-state index is 8.47. The number of hydrogen-bond donors (Lipinski definition) is 0. The van der Waals surface area contributed by atoms with Crippen LogP contribution in [0.15, 0.2) is 0 Å². The molecule has 0 N–H and O–H groups in total. The van der Waals surface area contributed by atoms with Gasteiger partial charge >= 0.3 is 42.4 Å². The van der Waals surface area contributed by atoms with E-state index < -0.39 is 16.2 Å². The van der Waals surface area contributed by atoms with Gasteiger partial charge < -0.3 is 1.43 Å². The van der Waals surface area contributed by atoms with Gasteiger partial charge in [0.15, 0.2) is 0 Å². The zero-order chi connectivity index (χ0) is 2.71. The van der Waals surface area contributed by atoms with Crippen molar-refractivity contribution < 1.29 is 43.8 Å². The molecule has 0 spiro atoms. The molecule has 4 heteroatoms. The molecule has 0 aliphatic rings.